The van der Waals surface area contributed by atoms with E-state index < -0.39 is 0 Å². The molecule has 0 bridgehead atoms. The Morgan fingerprint density at radius 3 is 2.54 bits per heavy atom. The van der Waals surface area contributed by atoms with Crippen molar-refractivity contribution in [2.24, 2.45) is 0 Å². The molecule has 4 rings (SSSR count). The molecular formula is C20H22BrN3O4. The van der Waals surface area contributed by atoms with Gasteiger partial charge in [0.05, 0.1) is 12.1 Å². The molecule has 8 heteroatoms. The van der Waals surface area contributed by atoms with E-state index in [2.05, 4.69) is 22.9 Å². The molecular weight excluding hydrogens is 426 g/mol. The third-order valence-electron chi connectivity index (χ3n) is 5.48. The van der Waals surface area contributed by atoms with Crippen molar-refractivity contribution in [3.63, 3.8) is 0 Å². The Hall–Kier alpha value is -2.35. The van der Waals surface area contributed by atoms with Gasteiger partial charge in [-0.2, -0.15) is 0 Å². The van der Waals surface area contributed by atoms with Crippen LogP contribution < -0.4 is 5.43 Å². The van der Waals surface area contributed by atoms with Gasteiger partial charge in [0.25, 0.3) is 5.91 Å². The van der Waals surface area contributed by atoms with Crippen LogP contribution in [0.1, 0.15) is 35.8 Å². The second-order valence-corrected chi connectivity index (χ2v) is 8.19. The number of rotatable bonds is 2. The fourth-order valence-corrected chi connectivity index (χ4v) is 4.60. The Morgan fingerprint density at radius 2 is 1.86 bits per heavy atom. The summed E-state index contributed by atoms with van der Waals surface area (Å²) in [5.74, 6) is -0.278. The summed E-state index contributed by atoms with van der Waals surface area (Å²) >= 11 is 3.48. The van der Waals surface area contributed by atoms with Gasteiger partial charge in [-0.05, 0) is 38.0 Å². The third-order valence-corrected chi connectivity index (χ3v) is 5.94. The predicted octanol–water partition coefficient (Wildman–Crippen LogP) is 2.80. The molecule has 2 aromatic rings. The average molecular weight is 448 g/mol. The number of pyridine rings is 1. The van der Waals surface area contributed by atoms with E-state index >= 15 is 0 Å². The number of benzene rings is 1. The Labute approximate surface area is 171 Å². The van der Waals surface area contributed by atoms with E-state index in [1.807, 2.05) is 10.6 Å². The number of carbonyl (C=O) groups is 2. The van der Waals surface area contributed by atoms with E-state index in [0.717, 1.165) is 22.0 Å². The summed E-state index contributed by atoms with van der Waals surface area (Å²) in [6.07, 6.45) is 2.19. The van der Waals surface area contributed by atoms with Crippen molar-refractivity contribution in [2.45, 2.75) is 26.3 Å². The number of ether oxygens (including phenoxy) is 1. The molecule has 0 spiro atoms. The lowest BCUT2D eigenvalue weighted by Crippen LogP contribution is -2.51. The summed E-state index contributed by atoms with van der Waals surface area (Å²) < 4.78 is 7.90. The Morgan fingerprint density at radius 1 is 1.18 bits per heavy atom. The number of piperazine rings is 1. The molecule has 1 aromatic heterocycles. The monoisotopic (exact) mass is 447 g/mol. The van der Waals surface area contributed by atoms with Crippen molar-refractivity contribution < 1.29 is 14.3 Å². The van der Waals surface area contributed by atoms with Crippen LogP contribution in [0.3, 0.4) is 0 Å². The van der Waals surface area contributed by atoms with E-state index in [4.69, 9.17) is 4.74 Å². The highest BCUT2D eigenvalue weighted by Gasteiger charge is 2.30. The van der Waals surface area contributed by atoms with Crippen molar-refractivity contribution >= 4 is 38.8 Å². The Kier molecular flexibility index (Phi) is 4.91. The summed E-state index contributed by atoms with van der Waals surface area (Å²) in [5, 5.41) is 0.574. The quantitative estimate of drug-likeness (QED) is 0.709. The lowest BCUT2D eigenvalue weighted by atomic mass is 10.1. The first-order valence-corrected chi connectivity index (χ1v) is 10.3. The van der Waals surface area contributed by atoms with Crippen molar-refractivity contribution in [3.05, 3.63) is 44.2 Å². The van der Waals surface area contributed by atoms with Crippen LogP contribution in [0.2, 0.25) is 0 Å². The predicted molar refractivity (Wildman–Crippen MR) is 109 cm³/mol. The minimum absolute atomic E-state index is 0.190. The van der Waals surface area contributed by atoms with Crippen LogP contribution in [0.4, 0.5) is 4.79 Å². The van der Waals surface area contributed by atoms with Crippen LogP contribution in [-0.4, -0.2) is 59.2 Å². The van der Waals surface area contributed by atoms with E-state index in [0.29, 0.717) is 38.2 Å². The molecule has 3 heterocycles. The summed E-state index contributed by atoms with van der Waals surface area (Å²) in [6, 6.07) is 4.03. The standard InChI is InChI=1S/C20H22BrN3O4/c1-3-28-20(27)23-6-4-22(5-7-23)19(26)16-11-24-12(2)8-13-9-14(21)10-15(17(13)24)18(16)25/h9-12H,3-8H2,1-2H3/t12-/m0/s1. The number of carbonyl (C=O) groups excluding carboxylic acids is 2. The summed E-state index contributed by atoms with van der Waals surface area (Å²) in [5.41, 5.74) is 2.00. The topological polar surface area (TPSA) is 71.8 Å². The van der Waals surface area contributed by atoms with Crippen LogP contribution >= 0.6 is 15.9 Å². The fraction of sp³-hybridized carbons (Fsp3) is 0.450. The molecule has 1 fully saturated rings. The number of nitrogens with zero attached hydrogens (tertiary/aromatic N) is 3. The number of halogens is 1. The van der Waals surface area contributed by atoms with Crippen molar-refractivity contribution in [1.82, 2.24) is 14.4 Å². The molecule has 0 radical (unpaired) electrons. The second-order valence-electron chi connectivity index (χ2n) is 7.27. The van der Waals surface area contributed by atoms with Gasteiger partial charge in [-0.1, -0.05) is 15.9 Å². The zero-order valence-electron chi connectivity index (χ0n) is 15.9. The Balaban J connectivity index is 1.64. The minimum Gasteiger partial charge on any atom is -0.450 e. The van der Waals surface area contributed by atoms with Gasteiger partial charge in [-0.25, -0.2) is 4.79 Å². The SMILES string of the molecule is CCOC(=O)N1CCN(C(=O)c2cn3c4c(cc(Br)cc4c2=O)C[C@@H]3C)CC1. The highest BCUT2D eigenvalue weighted by atomic mass is 79.9. The van der Waals surface area contributed by atoms with Gasteiger partial charge in [0.2, 0.25) is 5.43 Å². The maximum atomic E-state index is 13.1. The highest BCUT2D eigenvalue weighted by Crippen LogP contribution is 2.33. The lowest BCUT2D eigenvalue weighted by molar-refractivity contribution is 0.0569. The molecule has 2 amide bonds. The van der Waals surface area contributed by atoms with Crippen LogP contribution in [-0.2, 0) is 11.2 Å². The van der Waals surface area contributed by atoms with Gasteiger partial charge in [-0.15, -0.1) is 0 Å². The van der Waals surface area contributed by atoms with E-state index in [1.165, 1.54) is 0 Å². The third kappa shape index (κ3) is 3.09. The molecule has 1 atom stereocenters. The number of hydrogen-bond acceptors (Lipinski definition) is 4. The van der Waals surface area contributed by atoms with Gasteiger partial charge in [-0.3, -0.25) is 9.59 Å². The van der Waals surface area contributed by atoms with Gasteiger partial charge in [0.15, 0.2) is 0 Å². The van der Waals surface area contributed by atoms with E-state index in [9.17, 15) is 14.4 Å². The van der Waals surface area contributed by atoms with Gasteiger partial charge >= 0.3 is 6.09 Å². The molecule has 0 unspecified atom stereocenters. The van der Waals surface area contributed by atoms with Gasteiger partial charge in [0, 0.05) is 48.3 Å². The van der Waals surface area contributed by atoms with Crippen LogP contribution in [0.5, 0.6) is 0 Å². The van der Waals surface area contributed by atoms with Crippen LogP contribution in [0.25, 0.3) is 10.9 Å². The average Bonchev–Trinajstić information content (AvgIpc) is 2.99. The maximum absolute atomic E-state index is 13.1. The fourth-order valence-electron chi connectivity index (χ4n) is 4.09. The second kappa shape index (κ2) is 7.24. The number of amides is 2. The molecule has 148 valence electrons. The molecule has 0 saturated carbocycles. The van der Waals surface area contributed by atoms with Crippen molar-refractivity contribution in [3.8, 4) is 0 Å². The zero-order valence-corrected chi connectivity index (χ0v) is 17.5. The molecule has 1 saturated heterocycles. The maximum Gasteiger partial charge on any atom is 0.409 e. The highest BCUT2D eigenvalue weighted by molar-refractivity contribution is 9.10. The van der Waals surface area contributed by atoms with E-state index in [1.54, 1.807) is 29.0 Å². The molecule has 28 heavy (non-hydrogen) atoms. The number of aromatic nitrogens is 1. The smallest absolute Gasteiger partial charge is 0.409 e. The molecule has 0 aliphatic carbocycles. The first-order valence-electron chi connectivity index (χ1n) is 9.49. The normalized spacial score (nSPS) is 18.6. The van der Waals surface area contributed by atoms with E-state index in [-0.39, 0.29) is 29.0 Å². The molecule has 2 aliphatic heterocycles. The number of hydrogen-bond donors (Lipinski definition) is 0. The van der Waals surface area contributed by atoms with Crippen molar-refractivity contribution in [1.29, 1.82) is 0 Å². The molecule has 7 nitrogen and oxygen atoms in total. The molecule has 1 aromatic carbocycles. The zero-order chi connectivity index (χ0) is 20.0. The summed E-state index contributed by atoms with van der Waals surface area (Å²) in [7, 11) is 0. The van der Waals surface area contributed by atoms with Crippen molar-refractivity contribution in [2.75, 3.05) is 32.8 Å². The Bertz CT molecular complexity index is 1020. The van der Waals surface area contributed by atoms with Gasteiger partial charge in [0.1, 0.15) is 5.56 Å². The molecule has 0 N–H and O–H groups in total. The first-order chi connectivity index (χ1) is 13.4. The summed E-state index contributed by atoms with van der Waals surface area (Å²) in [4.78, 5) is 41.3. The van der Waals surface area contributed by atoms with Crippen LogP contribution in [0.15, 0.2) is 27.6 Å². The van der Waals surface area contributed by atoms with Gasteiger partial charge < -0.3 is 19.1 Å². The lowest BCUT2D eigenvalue weighted by Gasteiger charge is -2.34. The largest absolute Gasteiger partial charge is 0.450 e. The molecule has 2 aliphatic rings. The van der Waals surface area contributed by atoms with Crippen LogP contribution in [0, 0.1) is 0 Å². The first kappa shape index (κ1) is 19.0. The summed E-state index contributed by atoms with van der Waals surface area (Å²) in [6.45, 7) is 5.74. The minimum atomic E-state index is -0.361.